The van der Waals surface area contributed by atoms with Gasteiger partial charge in [0.15, 0.2) is 16.6 Å². The first kappa shape index (κ1) is 29.1. The second-order valence-electron chi connectivity index (χ2n) is 9.55. The smallest absolute Gasteiger partial charge is 0.243 e. The lowest BCUT2D eigenvalue weighted by atomic mass is 10.1. The Bertz CT molecular complexity index is 1780. The number of fused-ring (bicyclic) bond motifs is 1. The highest BCUT2D eigenvalue weighted by molar-refractivity contribution is 7.89. The average molecular weight is 639 g/mol. The monoisotopic (exact) mass is 638 g/mol. The van der Waals surface area contributed by atoms with Gasteiger partial charge < -0.3 is 19.5 Å². The number of morpholine rings is 1. The van der Waals surface area contributed by atoms with Gasteiger partial charge in [-0.25, -0.2) is 13.1 Å². The van der Waals surface area contributed by atoms with E-state index in [2.05, 4.69) is 15.8 Å². The predicted octanol–water partition coefficient (Wildman–Crippen LogP) is 4.31. The molecule has 4 aromatic rings. The van der Waals surface area contributed by atoms with Crippen molar-refractivity contribution in [2.24, 2.45) is 5.10 Å². The number of benzene rings is 3. The molecular formula is C29H27ClN6O5S2. The summed E-state index contributed by atoms with van der Waals surface area (Å²) in [7, 11) is -3.71. The van der Waals surface area contributed by atoms with Crippen LogP contribution in [0.4, 0.5) is 5.69 Å². The Kier molecular flexibility index (Phi) is 8.58. The van der Waals surface area contributed by atoms with E-state index in [1.54, 1.807) is 10.9 Å². The number of nitrogens with one attached hydrogen (secondary N) is 2. The second-order valence-corrected chi connectivity index (χ2v) is 12.3. The Balaban J connectivity index is 1.21. The van der Waals surface area contributed by atoms with Gasteiger partial charge in [0.1, 0.15) is 18.9 Å². The standard InChI is InChI=1S/C29H27ClN6O5S2/c30-24-8-7-23(43(37,38)35-10-12-39-13-11-35)17-25(24)32-29(42)33-31-18-21-19-36(22-4-2-1-3-5-22)34-28(21)20-6-9-26-27(16-20)41-15-14-40-26/h1-9,16-19H,10-15H2,(H2,32,33,42)/b31-18+. The number of halogens is 1. The molecule has 0 saturated carbocycles. The predicted molar refractivity (Wildman–Crippen MR) is 168 cm³/mol. The lowest BCUT2D eigenvalue weighted by molar-refractivity contribution is 0.0730. The Morgan fingerprint density at radius 3 is 2.53 bits per heavy atom. The summed E-state index contributed by atoms with van der Waals surface area (Å²) in [5, 5.41) is 12.5. The fraction of sp³-hybridized carbons (Fsp3) is 0.207. The maximum atomic E-state index is 13.1. The van der Waals surface area contributed by atoms with E-state index < -0.39 is 10.0 Å². The molecule has 43 heavy (non-hydrogen) atoms. The van der Waals surface area contributed by atoms with E-state index in [0.29, 0.717) is 59.9 Å². The van der Waals surface area contributed by atoms with Crippen molar-refractivity contribution in [3.63, 3.8) is 0 Å². The molecule has 222 valence electrons. The van der Waals surface area contributed by atoms with Gasteiger partial charge in [-0.15, -0.1) is 0 Å². The number of ether oxygens (including phenoxy) is 3. The van der Waals surface area contributed by atoms with Crippen LogP contribution < -0.4 is 20.2 Å². The molecule has 1 fully saturated rings. The van der Waals surface area contributed by atoms with Crippen molar-refractivity contribution in [3.8, 4) is 28.4 Å². The Morgan fingerprint density at radius 1 is 0.977 bits per heavy atom. The summed E-state index contributed by atoms with van der Waals surface area (Å²) in [6, 6.07) is 19.8. The average Bonchev–Trinajstić information content (AvgIpc) is 3.47. The zero-order valence-electron chi connectivity index (χ0n) is 22.8. The van der Waals surface area contributed by atoms with Crippen LogP contribution >= 0.6 is 23.8 Å². The SMILES string of the molecule is O=S(=O)(c1ccc(Cl)c(NC(=S)N/N=C/c2cn(-c3ccccc3)nc2-c2ccc3c(c2)OCCO3)c1)N1CCOCC1. The highest BCUT2D eigenvalue weighted by atomic mass is 35.5. The number of hydrazone groups is 1. The van der Waals surface area contributed by atoms with E-state index >= 15 is 0 Å². The first-order valence-electron chi connectivity index (χ1n) is 13.4. The van der Waals surface area contributed by atoms with Crippen LogP contribution in [-0.2, 0) is 14.8 Å². The van der Waals surface area contributed by atoms with Crippen LogP contribution in [0.3, 0.4) is 0 Å². The third-order valence-electron chi connectivity index (χ3n) is 6.74. The van der Waals surface area contributed by atoms with E-state index in [1.165, 1.54) is 22.5 Å². The van der Waals surface area contributed by atoms with Crippen molar-refractivity contribution in [1.82, 2.24) is 19.5 Å². The van der Waals surface area contributed by atoms with Gasteiger partial charge in [-0.3, -0.25) is 5.43 Å². The number of sulfonamides is 1. The molecule has 0 atom stereocenters. The molecule has 0 amide bonds. The van der Waals surface area contributed by atoms with Crippen molar-refractivity contribution < 1.29 is 22.6 Å². The third-order valence-corrected chi connectivity index (χ3v) is 9.16. The van der Waals surface area contributed by atoms with Gasteiger partial charge in [-0.1, -0.05) is 29.8 Å². The van der Waals surface area contributed by atoms with Crippen LogP contribution in [-0.4, -0.2) is 73.3 Å². The summed E-state index contributed by atoms with van der Waals surface area (Å²) in [4.78, 5) is 0.102. The molecule has 0 spiro atoms. The molecule has 2 aliphatic rings. The third kappa shape index (κ3) is 6.50. The van der Waals surface area contributed by atoms with Crippen LogP contribution in [0.1, 0.15) is 5.56 Å². The first-order valence-corrected chi connectivity index (χ1v) is 15.6. The van der Waals surface area contributed by atoms with Gasteiger partial charge in [0.25, 0.3) is 0 Å². The molecule has 0 bridgehead atoms. The topological polar surface area (TPSA) is 119 Å². The summed E-state index contributed by atoms with van der Waals surface area (Å²) in [6.45, 7) is 2.26. The van der Waals surface area contributed by atoms with Gasteiger partial charge in [0, 0.05) is 30.4 Å². The van der Waals surface area contributed by atoms with Crippen LogP contribution in [0.2, 0.25) is 5.02 Å². The van der Waals surface area contributed by atoms with E-state index in [0.717, 1.165) is 11.3 Å². The van der Waals surface area contributed by atoms with Gasteiger partial charge >= 0.3 is 0 Å². The number of hydrogen-bond donors (Lipinski definition) is 2. The van der Waals surface area contributed by atoms with Gasteiger partial charge in [0.05, 0.1) is 40.7 Å². The van der Waals surface area contributed by atoms with E-state index in [4.69, 9.17) is 43.1 Å². The fourth-order valence-electron chi connectivity index (χ4n) is 4.62. The minimum absolute atomic E-state index is 0.102. The zero-order chi connectivity index (χ0) is 29.8. The number of nitrogens with zero attached hydrogens (tertiary/aromatic N) is 4. The highest BCUT2D eigenvalue weighted by Crippen LogP contribution is 2.35. The largest absolute Gasteiger partial charge is 0.486 e. The molecule has 6 rings (SSSR count). The quantitative estimate of drug-likeness (QED) is 0.173. The van der Waals surface area contributed by atoms with Crippen molar-refractivity contribution in [2.45, 2.75) is 4.90 Å². The minimum Gasteiger partial charge on any atom is -0.486 e. The van der Waals surface area contributed by atoms with Crippen molar-refractivity contribution >= 4 is 50.9 Å². The second kappa shape index (κ2) is 12.7. The fourth-order valence-corrected chi connectivity index (χ4v) is 6.38. The highest BCUT2D eigenvalue weighted by Gasteiger charge is 2.27. The molecular weight excluding hydrogens is 612 g/mol. The number of hydrogen-bond acceptors (Lipinski definition) is 8. The number of thiocarbonyl (C=S) groups is 1. The lowest BCUT2D eigenvalue weighted by Crippen LogP contribution is -2.40. The molecule has 1 saturated heterocycles. The molecule has 0 radical (unpaired) electrons. The summed E-state index contributed by atoms with van der Waals surface area (Å²) in [5.41, 5.74) is 6.21. The van der Waals surface area contributed by atoms with E-state index in [9.17, 15) is 8.42 Å². The molecule has 2 aliphatic heterocycles. The summed E-state index contributed by atoms with van der Waals surface area (Å²) < 4.78 is 46.1. The summed E-state index contributed by atoms with van der Waals surface area (Å²) >= 11 is 11.8. The van der Waals surface area contributed by atoms with Gasteiger partial charge in [-0.05, 0) is 60.7 Å². The normalized spacial score (nSPS) is 15.4. The van der Waals surface area contributed by atoms with Crippen LogP contribution in [0, 0.1) is 0 Å². The Labute approximate surface area is 259 Å². The molecule has 11 nitrogen and oxygen atoms in total. The number of aromatic nitrogens is 2. The van der Waals surface area contributed by atoms with Crippen LogP contribution in [0.15, 0.2) is 82.9 Å². The molecule has 3 aromatic carbocycles. The summed E-state index contributed by atoms with van der Waals surface area (Å²) in [5.74, 6) is 1.34. The molecule has 2 N–H and O–H groups in total. The van der Waals surface area contributed by atoms with E-state index in [1.807, 2.05) is 54.7 Å². The molecule has 0 unspecified atom stereocenters. The zero-order valence-corrected chi connectivity index (χ0v) is 25.2. The van der Waals surface area contributed by atoms with E-state index in [-0.39, 0.29) is 23.1 Å². The first-order chi connectivity index (χ1) is 20.9. The lowest BCUT2D eigenvalue weighted by Gasteiger charge is -2.26. The molecule has 0 aliphatic carbocycles. The summed E-state index contributed by atoms with van der Waals surface area (Å²) in [6.07, 6.45) is 3.47. The number of anilines is 1. The maximum Gasteiger partial charge on any atom is 0.243 e. The van der Waals surface area contributed by atoms with Crippen molar-refractivity contribution in [1.29, 1.82) is 0 Å². The van der Waals surface area contributed by atoms with Crippen LogP contribution in [0.5, 0.6) is 11.5 Å². The number of para-hydroxylation sites is 1. The molecule has 1 aromatic heterocycles. The minimum atomic E-state index is -3.71. The number of rotatable bonds is 7. The maximum absolute atomic E-state index is 13.1. The van der Waals surface area contributed by atoms with Crippen molar-refractivity contribution in [3.05, 3.63) is 83.5 Å². The Morgan fingerprint density at radius 2 is 1.74 bits per heavy atom. The van der Waals surface area contributed by atoms with Gasteiger partial charge in [0.2, 0.25) is 10.0 Å². The van der Waals surface area contributed by atoms with Crippen LogP contribution in [0.25, 0.3) is 16.9 Å². The van der Waals surface area contributed by atoms with Gasteiger partial charge in [-0.2, -0.15) is 14.5 Å². The van der Waals surface area contributed by atoms with Crippen molar-refractivity contribution in [2.75, 3.05) is 44.8 Å². The molecule has 14 heteroatoms. The molecule has 3 heterocycles. The Hall–Kier alpha value is -4.01.